The molecule has 6 nitrogen and oxygen atoms in total. The highest BCUT2D eigenvalue weighted by Gasteiger charge is 2.45. The zero-order valence-electron chi connectivity index (χ0n) is 13.4. The number of rotatable bonds is 4. The van der Waals surface area contributed by atoms with Gasteiger partial charge in [0.2, 0.25) is 0 Å². The van der Waals surface area contributed by atoms with Crippen LogP contribution in [0.3, 0.4) is 0 Å². The van der Waals surface area contributed by atoms with E-state index in [2.05, 4.69) is 45.0 Å². The van der Waals surface area contributed by atoms with Gasteiger partial charge in [0.25, 0.3) is 0 Å². The van der Waals surface area contributed by atoms with E-state index in [-0.39, 0.29) is 6.10 Å². The molecule has 0 spiro atoms. The van der Waals surface area contributed by atoms with Gasteiger partial charge in [-0.2, -0.15) is 5.10 Å². The third-order valence-corrected chi connectivity index (χ3v) is 5.95. The Kier molecular flexibility index (Phi) is 3.27. The van der Waals surface area contributed by atoms with Crippen molar-refractivity contribution in [3.63, 3.8) is 0 Å². The van der Waals surface area contributed by atoms with Crippen LogP contribution in [0.25, 0.3) is 0 Å². The first kappa shape index (κ1) is 14.9. The van der Waals surface area contributed by atoms with Crippen molar-refractivity contribution in [3.05, 3.63) is 39.8 Å². The lowest BCUT2D eigenvalue weighted by molar-refractivity contribution is 0.156. The number of nitrogens with zero attached hydrogens (tertiary/aromatic N) is 4. The van der Waals surface area contributed by atoms with E-state index < -0.39 is 6.29 Å². The maximum absolute atomic E-state index is 9.41. The van der Waals surface area contributed by atoms with Gasteiger partial charge in [-0.25, -0.2) is 4.98 Å². The molecular formula is C17H19BrN4O2. The largest absolute Gasteiger partial charge is 0.366 e. The molecule has 5 rings (SSSR count). The second-order valence-corrected chi connectivity index (χ2v) is 7.85. The van der Waals surface area contributed by atoms with Crippen LogP contribution < -0.4 is 4.90 Å². The van der Waals surface area contributed by atoms with Crippen molar-refractivity contribution in [1.82, 2.24) is 14.8 Å². The molecule has 3 aliphatic rings. The number of hydrogen-bond acceptors (Lipinski definition) is 5. The van der Waals surface area contributed by atoms with Crippen LogP contribution in [-0.2, 0) is 11.3 Å². The Morgan fingerprint density at radius 3 is 2.75 bits per heavy atom. The lowest BCUT2D eigenvalue weighted by Crippen LogP contribution is -2.23. The average Bonchev–Trinajstić information content (AvgIpc) is 3.38. The number of aliphatic hydroxyl groups excluding tert-OH is 1. The van der Waals surface area contributed by atoms with Crippen molar-refractivity contribution in [2.45, 2.75) is 32.3 Å². The Balaban J connectivity index is 1.33. The molecule has 126 valence electrons. The van der Waals surface area contributed by atoms with Crippen molar-refractivity contribution in [3.8, 4) is 0 Å². The number of aromatic nitrogens is 3. The lowest BCUT2D eigenvalue weighted by atomic mass is 10.2. The van der Waals surface area contributed by atoms with Crippen LogP contribution in [0.5, 0.6) is 0 Å². The van der Waals surface area contributed by atoms with Crippen molar-refractivity contribution < 1.29 is 9.84 Å². The minimum atomic E-state index is -0.701. The van der Waals surface area contributed by atoms with Crippen LogP contribution in [0.2, 0.25) is 0 Å². The molecule has 0 radical (unpaired) electrons. The predicted octanol–water partition coefficient (Wildman–Crippen LogP) is 2.24. The van der Waals surface area contributed by atoms with Crippen molar-refractivity contribution >= 4 is 21.7 Å². The number of fused-ring (bicyclic) bond motifs is 1. The first-order valence-electron chi connectivity index (χ1n) is 8.36. The van der Waals surface area contributed by atoms with Gasteiger partial charge in [0, 0.05) is 30.5 Å². The zero-order valence-corrected chi connectivity index (χ0v) is 15.0. The number of aryl methyl sites for hydroxylation is 1. The number of halogens is 1. The quantitative estimate of drug-likeness (QED) is 0.810. The highest BCUT2D eigenvalue weighted by atomic mass is 79.9. The first-order chi connectivity index (χ1) is 11.6. The molecule has 2 aromatic heterocycles. The van der Waals surface area contributed by atoms with Crippen LogP contribution >= 0.6 is 15.9 Å². The smallest absolute Gasteiger partial charge is 0.186 e. The van der Waals surface area contributed by atoms with Crippen LogP contribution in [0, 0.1) is 18.8 Å². The molecule has 2 aliphatic heterocycles. The molecule has 1 N–H and O–H groups in total. The maximum Gasteiger partial charge on any atom is 0.186 e. The van der Waals surface area contributed by atoms with Gasteiger partial charge in [0.05, 0.1) is 6.54 Å². The first-order valence-corrected chi connectivity index (χ1v) is 9.15. The molecule has 7 heteroatoms. The summed E-state index contributed by atoms with van der Waals surface area (Å²) < 4.78 is 7.70. The summed E-state index contributed by atoms with van der Waals surface area (Å²) in [6.07, 6.45) is 2.38. The van der Waals surface area contributed by atoms with E-state index in [1.807, 2.05) is 10.9 Å². The van der Waals surface area contributed by atoms with Gasteiger partial charge in [0.15, 0.2) is 6.29 Å². The number of anilines is 1. The number of piperidine rings is 1. The average molecular weight is 391 g/mol. The van der Waals surface area contributed by atoms with E-state index in [1.165, 1.54) is 6.42 Å². The number of epoxide rings is 1. The van der Waals surface area contributed by atoms with E-state index >= 15 is 0 Å². The summed E-state index contributed by atoms with van der Waals surface area (Å²) in [5.74, 6) is 2.92. The monoisotopic (exact) mass is 390 g/mol. The SMILES string of the molecule is Cc1nc(N2CC3CC3C2)ccc1Cn1cc(C2OC2O)c(Br)n1. The second kappa shape index (κ2) is 5.28. The summed E-state index contributed by atoms with van der Waals surface area (Å²) >= 11 is 3.44. The minimum absolute atomic E-state index is 0.253. The fourth-order valence-electron chi connectivity index (χ4n) is 3.70. The molecular weight excluding hydrogens is 372 g/mol. The highest BCUT2D eigenvalue weighted by molar-refractivity contribution is 9.10. The van der Waals surface area contributed by atoms with Crippen LogP contribution in [-0.4, -0.2) is 39.3 Å². The summed E-state index contributed by atoms with van der Waals surface area (Å²) in [6, 6.07) is 4.28. The van der Waals surface area contributed by atoms with Crippen molar-refractivity contribution in [2.75, 3.05) is 18.0 Å². The van der Waals surface area contributed by atoms with E-state index in [0.29, 0.717) is 6.54 Å². The summed E-state index contributed by atoms with van der Waals surface area (Å²) in [7, 11) is 0. The number of pyridine rings is 1. The molecule has 1 saturated carbocycles. The Labute approximate surface area is 148 Å². The molecule has 3 fully saturated rings. The van der Waals surface area contributed by atoms with E-state index in [9.17, 15) is 5.11 Å². The molecule has 4 atom stereocenters. The van der Waals surface area contributed by atoms with E-state index in [1.54, 1.807) is 0 Å². The Hall–Kier alpha value is -1.44. The molecule has 0 amide bonds. The van der Waals surface area contributed by atoms with Gasteiger partial charge in [-0.3, -0.25) is 4.68 Å². The van der Waals surface area contributed by atoms with Crippen LogP contribution in [0.4, 0.5) is 5.82 Å². The Bertz CT molecular complexity index is 798. The third kappa shape index (κ3) is 2.55. The maximum atomic E-state index is 9.41. The number of hydrogen-bond donors (Lipinski definition) is 1. The summed E-state index contributed by atoms with van der Waals surface area (Å²) in [6.45, 7) is 5.04. The summed E-state index contributed by atoms with van der Waals surface area (Å²) in [5, 5.41) is 13.9. The molecule has 0 aromatic carbocycles. The zero-order chi connectivity index (χ0) is 16.4. The lowest BCUT2D eigenvalue weighted by Gasteiger charge is -2.20. The standard InChI is InChI=1S/C17H19BrN4O2/c1-9-10(2-3-14(19-9)21-5-11-4-12(11)6-21)7-22-8-13(16(18)20-22)15-17(23)24-15/h2-3,8,11-12,15,17,23H,4-7H2,1H3. The molecule has 2 saturated heterocycles. The van der Waals surface area contributed by atoms with Gasteiger partial charge in [-0.05, 0) is 52.7 Å². The molecule has 0 bridgehead atoms. The highest BCUT2D eigenvalue weighted by Crippen LogP contribution is 2.46. The minimum Gasteiger partial charge on any atom is -0.366 e. The van der Waals surface area contributed by atoms with Crippen molar-refractivity contribution in [1.29, 1.82) is 0 Å². The topological polar surface area (TPSA) is 66.7 Å². The molecule has 1 aliphatic carbocycles. The fourth-order valence-corrected chi connectivity index (χ4v) is 4.23. The van der Waals surface area contributed by atoms with Crippen LogP contribution in [0.1, 0.15) is 29.3 Å². The van der Waals surface area contributed by atoms with Gasteiger partial charge >= 0.3 is 0 Å². The van der Waals surface area contributed by atoms with Gasteiger partial charge in [-0.15, -0.1) is 0 Å². The second-order valence-electron chi connectivity index (χ2n) is 7.09. The third-order valence-electron chi connectivity index (χ3n) is 5.33. The number of aliphatic hydroxyl groups is 1. The van der Waals surface area contributed by atoms with E-state index in [0.717, 1.165) is 52.2 Å². The van der Waals surface area contributed by atoms with E-state index in [4.69, 9.17) is 9.72 Å². The van der Waals surface area contributed by atoms with Crippen molar-refractivity contribution in [2.24, 2.45) is 11.8 Å². The normalized spacial score (nSPS) is 30.5. The fraction of sp³-hybridized carbons (Fsp3) is 0.529. The Morgan fingerprint density at radius 2 is 2.08 bits per heavy atom. The molecule has 2 aromatic rings. The molecule has 4 unspecified atom stereocenters. The summed E-state index contributed by atoms with van der Waals surface area (Å²) in [5.41, 5.74) is 3.09. The Morgan fingerprint density at radius 1 is 1.33 bits per heavy atom. The van der Waals surface area contributed by atoms with Gasteiger partial charge in [-0.1, -0.05) is 6.07 Å². The summed E-state index contributed by atoms with van der Waals surface area (Å²) in [4.78, 5) is 7.21. The molecule has 4 heterocycles. The van der Waals surface area contributed by atoms with Gasteiger partial charge < -0.3 is 14.7 Å². The number of ether oxygens (including phenoxy) is 1. The van der Waals surface area contributed by atoms with Gasteiger partial charge in [0.1, 0.15) is 16.5 Å². The predicted molar refractivity (Wildman–Crippen MR) is 91.6 cm³/mol. The van der Waals surface area contributed by atoms with Crippen LogP contribution in [0.15, 0.2) is 22.9 Å². The molecule has 24 heavy (non-hydrogen) atoms.